The molecular weight excluding hydrogens is 162 g/mol. The summed E-state index contributed by atoms with van der Waals surface area (Å²) in [6.07, 6.45) is 9.16. The first-order chi connectivity index (χ1) is 6.30. The standard InChI is InChI=1S/C11H15NO/c1-10(2)11-12-8-6-4-3-5-7-9-13-11/h4-7H,1,3,8-9H2,2H3/b6-4-,7-5-,12-11-. The summed E-state index contributed by atoms with van der Waals surface area (Å²) in [6.45, 7) is 6.96. The molecule has 0 saturated heterocycles. The van der Waals surface area contributed by atoms with Crippen LogP contribution in [0.3, 0.4) is 0 Å². The Hall–Kier alpha value is -1.31. The Morgan fingerprint density at radius 3 is 2.92 bits per heavy atom. The van der Waals surface area contributed by atoms with Gasteiger partial charge >= 0.3 is 0 Å². The van der Waals surface area contributed by atoms with Crippen molar-refractivity contribution in [1.29, 1.82) is 0 Å². The molecule has 2 nitrogen and oxygen atoms in total. The largest absolute Gasteiger partial charge is 0.473 e. The van der Waals surface area contributed by atoms with Gasteiger partial charge in [0, 0.05) is 5.57 Å². The van der Waals surface area contributed by atoms with E-state index in [2.05, 4.69) is 23.7 Å². The number of hydrogen-bond acceptors (Lipinski definition) is 2. The molecule has 0 bridgehead atoms. The molecule has 0 fully saturated rings. The molecule has 2 heteroatoms. The summed E-state index contributed by atoms with van der Waals surface area (Å²) >= 11 is 0. The van der Waals surface area contributed by atoms with Crippen molar-refractivity contribution >= 4 is 5.90 Å². The SMILES string of the molecule is C=C(C)/C1=N/C/C=C\C/C=C\CO1. The van der Waals surface area contributed by atoms with Crippen LogP contribution in [0, 0.1) is 0 Å². The maximum Gasteiger partial charge on any atom is 0.211 e. The quantitative estimate of drug-likeness (QED) is 0.564. The van der Waals surface area contributed by atoms with Gasteiger partial charge in [-0.1, -0.05) is 30.9 Å². The van der Waals surface area contributed by atoms with Crippen molar-refractivity contribution in [2.75, 3.05) is 13.2 Å². The maximum absolute atomic E-state index is 5.41. The van der Waals surface area contributed by atoms with Crippen molar-refractivity contribution < 1.29 is 4.74 Å². The van der Waals surface area contributed by atoms with Crippen LogP contribution in [-0.4, -0.2) is 19.0 Å². The highest BCUT2D eigenvalue weighted by Gasteiger charge is 1.98. The molecule has 0 aromatic rings. The first-order valence-corrected chi connectivity index (χ1v) is 4.44. The number of nitrogens with zero attached hydrogens (tertiary/aromatic N) is 1. The number of hydrogen-bond donors (Lipinski definition) is 0. The summed E-state index contributed by atoms with van der Waals surface area (Å²) in [6, 6.07) is 0. The third-order valence-corrected chi connectivity index (χ3v) is 1.63. The van der Waals surface area contributed by atoms with E-state index in [0.717, 1.165) is 12.0 Å². The molecular formula is C11H15NO. The monoisotopic (exact) mass is 177 g/mol. The molecule has 0 atom stereocenters. The van der Waals surface area contributed by atoms with E-state index in [-0.39, 0.29) is 0 Å². The van der Waals surface area contributed by atoms with Crippen LogP contribution in [0.1, 0.15) is 13.3 Å². The van der Waals surface area contributed by atoms with Gasteiger partial charge < -0.3 is 4.74 Å². The average molecular weight is 177 g/mol. The normalized spacial score (nSPS) is 26.4. The summed E-state index contributed by atoms with van der Waals surface area (Å²) < 4.78 is 5.41. The maximum atomic E-state index is 5.41. The van der Waals surface area contributed by atoms with Crippen LogP contribution in [0.5, 0.6) is 0 Å². The van der Waals surface area contributed by atoms with Crippen LogP contribution in [-0.2, 0) is 4.74 Å². The summed E-state index contributed by atoms with van der Waals surface area (Å²) in [5, 5.41) is 0. The first kappa shape index (κ1) is 9.78. The Labute approximate surface area is 79.3 Å². The second-order valence-electron chi connectivity index (χ2n) is 2.92. The fourth-order valence-electron chi connectivity index (χ4n) is 0.980. The van der Waals surface area contributed by atoms with Crippen molar-refractivity contribution in [3.8, 4) is 0 Å². The van der Waals surface area contributed by atoms with Gasteiger partial charge in [-0.15, -0.1) is 0 Å². The van der Waals surface area contributed by atoms with Gasteiger partial charge in [0.25, 0.3) is 0 Å². The van der Waals surface area contributed by atoms with E-state index in [4.69, 9.17) is 4.74 Å². The molecule has 0 radical (unpaired) electrons. The van der Waals surface area contributed by atoms with E-state index >= 15 is 0 Å². The Kier molecular flexibility index (Phi) is 4.03. The van der Waals surface area contributed by atoms with Crippen molar-refractivity contribution in [3.63, 3.8) is 0 Å². The minimum absolute atomic E-state index is 0.583. The Morgan fingerprint density at radius 2 is 2.15 bits per heavy atom. The molecule has 1 aliphatic rings. The van der Waals surface area contributed by atoms with E-state index in [1.807, 2.05) is 19.1 Å². The van der Waals surface area contributed by atoms with E-state index in [1.165, 1.54) is 0 Å². The highest BCUT2D eigenvalue weighted by molar-refractivity contribution is 5.92. The van der Waals surface area contributed by atoms with Gasteiger partial charge in [0.1, 0.15) is 6.61 Å². The zero-order valence-electron chi connectivity index (χ0n) is 7.99. The smallest absolute Gasteiger partial charge is 0.211 e. The molecule has 0 amide bonds. The Bertz CT molecular complexity index is 261. The number of allylic oxidation sites excluding steroid dienone is 2. The van der Waals surface area contributed by atoms with E-state index in [1.54, 1.807) is 0 Å². The van der Waals surface area contributed by atoms with Gasteiger partial charge in [-0.2, -0.15) is 0 Å². The highest BCUT2D eigenvalue weighted by atomic mass is 16.5. The third kappa shape index (κ3) is 3.74. The van der Waals surface area contributed by atoms with E-state index in [0.29, 0.717) is 19.0 Å². The predicted octanol–water partition coefficient (Wildman–Crippen LogP) is 2.49. The third-order valence-electron chi connectivity index (χ3n) is 1.63. The summed E-state index contributed by atoms with van der Waals surface area (Å²) in [4.78, 5) is 4.26. The molecule has 0 aromatic heterocycles. The van der Waals surface area contributed by atoms with Gasteiger partial charge in [0.15, 0.2) is 0 Å². The van der Waals surface area contributed by atoms with Crippen LogP contribution in [0.4, 0.5) is 0 Å². The average Bonchev–Trinajstić information content (AvgIpc) is 2.14. The lowest BCUT2D eigenvalue weighted by Gasteiger charge is -2.06. The molecule has 0 saturated carbocycles. The molecule has 1 aliphatic heterocycles. The minimum atomic E-state index is 0.583. The van der Waals surface area contributed by atoms with E-state index < -0.39 is 0 Å². The van der Waals surface area contributed by atoms with E-state index in [9.17, 15) is 0 Å². The predicted molar refractivity (Wildman–Crippen MR) is 56.0 cm³/mol. The number of rotatable bonds is 1. The van der Waals surface area contributed by atoms with Crippen LogP contribution < -0.4 is 0 Å². The molecule has 0 N–H and O–H groups in total. The fourth-order valence-corrected chi connectivity index (χ4v) is 0.980. The fraction of sp³-hybridized carbons (Fsp3) is 0.364. The van der Waals surface area contributed by atoms with Crippen molar-refractivity contribution in [1.82, 2.24) is 0 Å². The second kappa shape index (κ2) is 5.36. The lowest BCUT2D eigenvalue weighted by molar-refractivity contribution is 0.349. The van der Waals surface area contributed by atoms with Crippen molar-refractivity contribution in [2.24, 2.45) is 4.99 Å². The molecule has 1 rings (SSSR count). The molecule has 0 aromatic carbocycles. The lowest BCUT2D eigenvalue weighted by atomic mass is 10.3. The molecule has 1 heterocycles. The topological polar surface area (TPSA) is 21.6 Å². The van der Waals surface area contributed by atoms with Crippen LogP contribution in [0.2, 0.25) is 0 Å². The Morgan fingerprint density at radius 1 is 1.38 bits per heavy atom. The van der Waals surface area contributed by atoms with Gasteiger partial charge in [-0.3, -0.25) is 0 Å². The summed E-state index contributed by atoms with van der Waals surface area (Å²) in [7, 11) is 0. The summed E-state index contributed by atoms with van der Waals surface area (Å²) in [5.41, 5.74) is 0.877. The molecule has 70 valence electrons. The van der Waals surface area contributed by atoms with Gasteiger partial charge in [0.05, 0.1) is 6.54 Å². The lowest BCUT2D eigenvalue weighted by Crippen LogP contribution is -2.07. The van der Waals surface area contributed by atoms with Gasteiger partial charge in [-0.05, 0) is 13.3 Å². The Balaban J connectivity index is 2.65. The molecule has 0 spiro atoms. The van der Waals surface area contributed by atoms with Crippen LogP contribution >= 0.6 is 0 Å². The van der Waals surface area contributed by atoms with Crippen molar-refractivity contribution in [2.45, 2.75) is 13.3 Å². The summed E-state index contributed by atoms with van der Waals surface area (Å²) in [5.74, 6) is 0.663. The van der Waals surface area contributed by atoms with Crippen LogP contribution in [0.25, 0.3) is 0 Å². The molecule has 13 heavy (non-hydrogen) atoms. The highest BCUT2D eigenvalue weighted by Crippen LogP contribution is 1.99. The van der Waals surface area contributed by atoms with Gasteiger partial charge in [0.2, 0.25) is 5.90 Å². The number of aliphatic imine (C=N–C) groups is 1. The minimum Gasteiger partial charge on any atom is -0.473 e. The van der Waals surface area contributed by atoms with Crippen LogP contribution in [0.15, 0.2) is 41.4 Å². The first-order valence-electron chi connectivity index (χ1n) is 4.44. The molecule has 0 unspecified atom stereocenters. The van der Waals surface area contributed by atoms with Gasteiger partial charge in [-0.25, -0.2) is 4.99 Å². The zero-order valence-corrected chi connectivity index (χ0v) is 7.99. The second-order valence-corrected chi connectivity index (χ2v) is 2.92. The molecule has 0 aliphatic carbocycles. The zero-order chi connectivity index (χ0) is 9.52. The number of ether oxygens (including phenoxy) is 1. The van der Waals surface area contributed by atoms with Crippen molar-refractivity contribution in [3.05, 3.63) is 36.5 Å².